The molecule has 0 unspecified atom stereocenters. The van der Waals surface area contributed by atoms with Gasteiger partial charge in [-0.15, -0.1) is 0 Å². The van der Waals surface area contributed by atoms with Crippen molar-refractivity contribution in [3.63, 3.8) is 0 Å². The molecule has 0 aliphatic carbocycles. The molecule has 7 heteroatoms. The summed E-state index contributed by atoms with van der Waals surface area (Å²) < 4.78 is 5.88. The van der Waals surface area contributed by atoms with Crippen molar-refractivity contribution in [1.29, 1.82) is 0 Å². The van der Waals surface area contributed by atoms with E-state index in [9.17, 15) is 9.59 Å². The Hall–Kier alpha value is -2.73. The fourth-order valence-electron chi connectivity index (χ4n) is 3.17. The first-order valence-electron chi connectivity index (χ1n) is 9.87. The topological polar surface area (TPSA) is 46.6 Å². The van der Waals surface area contributed by atoms with Gasteiger partial charge in [0.2, 0.25) is 0 Å². The lowest BCUT2D eigenvalue weighted by Crippen LogP contribution is -2.27. The van der Waals surface area contributed by atoms with E-state index in [0.717, 1.165) is 27.8 Å². The zero-order chi connectivity index (χ0) is 22.7. The van der Waals surface area contributed by atoms with Gasteiger partial charge in [0.25, 0.3) is 11.1 Å². The van der Waals surface area contributed by atoms with Crippen LogP contribution in [0.3, 0.4) is 0 Å². The highest BCUT2D eigenvalue weighted by atomic mass is 35.5. The third-order valence-corrected chi connectivity index (χ3v) is 6.55. The molecule has 4 rings (SSSR count). The maximum atomic E-state index is 12.9. The smallest absolute Gasteiger partial charge is 0.293 e. The van der Waals surface area contributed by atoms with E-state index in [-0.39, 0.29) is 17.7 Å². The number of ether oxygens (including phenoxy) is 1. The Balaban J connectivity index is 1.48. The molecule has 1 heterocycles. The molecule has 1 aliphatic heterocycles. The van der Waals surface area contributed by atoms with E-state index in [1.807, 2.05) is 55.5 Å². The van der Waals surface area contributed by atoms with Crippen LogP contribution >= 0.6 is 35.0 Å². The van der Waals surface area contributed by atoms with Gasteiger partial charge < -0.3 is 4.74 Å². The summed E-state index contributed by atoms with van der Waals surface area (Å²) in [5.41, 5.74) is 3.58. The number of benzene rings is 3. The van der Waals surface area contributed by atoms with Crippen molar-refractivity contribution in [2.45, 2.75) is 20.1 Å². The van der Waals surface area contributed by atoms with Gasteiger partial charge in [-0.3, -0.25) is 14.5 Å². The number of aryl methyl sites for hydroxylation is 1. The monoisotopic (exact) mass is 483 g/mol. The molecule has 1 saturated heterocycles. The number of hydrogen-bond donors (Lipinski definition) is 0. The number of thioether (sulfide) groups is 1. The van der Waals surface area contributed by atoms with Crippen LogP contribution in [-0.2, 0) is 17.9 Å². The molecule has 1 fully saturated rings. The average molecular weight is 484 g/mol. The second kappa shape index (κ2) is 9.82. The van der Waals surface area contributed by atoms with Gasteiger partial charge in [-0.05, 0) is 60.2 Å². The molecule has 0 saturated carbocycles. The zero-order valence-corrected chi connectivity index (χ0v) is 19.5. The van der Waals surface area contributed by atoms with Gasteiger partial charge in [-0.1, -0.05) is 71.2 Å². The van der Waals surface area contributed by atoms with E-state index in [1.165, 1.54) is 5.56 Å². The summed E-state index contributed by atoms with van der Waals surface area (Å²) in [6.45, 7) is 2.51. The van der Waals surface area contributed by atoms with Gasteiger partial charge in [0.15, 0.2) is 0 Å². The van der Waals surface area contributed by atoms with E-state index in [2.05, 4.69) is 0 Å². The molecule has 0 atom stereocenters. The van der Waals surface area contributed by atoms with Crippen molar-refractivity contribution in [3.05, 3.63) is 104 Å². The first-order chi connectivity index (χ1) is 15.4. The van der Waals surface area contributed by atoms with Crippen molar-refractivity contribution in [1.82, 2.24) is 4.90 Å². The lowest BCUT2D eigenvalue weighted by Gasteiger charge is -2.14. The fourth-order valence-corrected chi connectivity index (χ4v) is 4.53. The van der Waals surface area contributed by atoms with Gasteiger partial charge >= 0.3 is 0 Å². The minimum atomic E-state index is -0.373. The maximum Gasteiger partial charge on any atom is 0.293 e. The molecule has 32 heavy (non-hydrogen) atoms. The highest BCUT2D eigenvalue weighted by Crippen LogP contribution is 2.36. The molecule has 0 bridgehead atoms. The third kappa shape index (κ3) is 5.18. The Kier molecular flexibility index (Phi) is 6.89. The second-order valence-electron chi connectivity index (χ2n) is 7.31. The molecule has 162 valence electrons. The predicted octanol–water partition coefficient (Wildman–Crippen LogP) is 7.12. The number of rotatable bonds is 6. The number of carbonyl (C=O) groups is 2. The van der Waals surface area contributed by atoms with Crippen molar-refractivity contribution in [2.24, 2.45) is 0 Å². The van der Waals surface area contributed by atoms with E-state index in [4.69, 9.17) is 27.9 Å². The lowest BCUT2D eigenvalue weighted by atomic mass is 10.1. The predicted molar refractivity (Wildman–Crippen MR) is 130 cm³/mol. The third-order valence-electron chi connectivity index (χ3n) is 4.93. The number of imide groups is 1. The molecule has 3 aromatic carbocycles. The Morgan fingerprint density at radius 3 is 2.38 bits per heavy atom. The molecule has 3 aromatic rings. The van der Waals surface area contributed by atoms with Crippen LogP contribution in [0.5, 0.6) is 5.75 Å². The van der Waals surface area contributed by atoms with Crippen LogP contribution in [0.15, 0.2) is 71.6 Å². The highest BCUT2D eigenvalue weighted by Gasteiger charge is 2.35. The van der Waals surface area contributed by atoms with E-state index in [1.54, 1.807) is 24.3 Å². The molecular formula is C25H19Cl2NO3S. The van der Waals surface area contributed by atoms with Crippen LogP contribution in [0.25, 0.3) is 6.08 Å². The molecule has 2 amide bonds. The van der Waals surface area contributed by atoms with Crippen molar-refractivity contribution >= 4 is 52.2 Å². The number of halogens is 2. The van der Waals surface area contributed by atoms with Crippen molar-refractivity contribution < 1.29 is 14.3 Å². The Labute approximate surface area is 200 Å². The summed E-state index contributed by atoms with van der Waals surface area (Å²) in [4.78, 5) is 26.8. The number of nitrogens with zero attached hydrogens (tertiary/aromatic N) is 1. The molecule has 0 spiro atoms. The van der Waals surface area contributed by atoms with Crippen LogP contribution in [0.2, 0.25) is 10.0 Å². The molecule has 0 N–H and O–H groups in total. The highest BCUT2D eigenvalue weighted by molar-refractivity contribution is 8.18. The van der Waals surface area contributed by atoms with Gasteiger partial charge in [-0.2, -0.15) is 0 Å². The number of carbonyl (C=O) groups excluding carboxylic acids is 2. The van der Waals surface area contributed by atoms with Crippen molar-refractivity contribution in [3.8, 4) is 5.75 Å². The average Bonchev–Trinajstić information content (AvgIpc) is 3.03. The SMILES string of the molecule is Cc1ccc(COc2cccc(/C=C3\SC(=O)N(Cc4c(Cl)cccc4Cl)C3=O)c2)cc1. The van der Waals surface area contributed by atoms with Crippen LogP contribution in [0.1, 0.15) is 22.3 Å². The van der Waals surface area contributed by atoms with Crippen LogP contribution in [0.4, 0.5) is 4.79 Å². The normalized spacial score (nSPS) is 15.0. The summed E-state index contributed by atoms with van der Waals surface area (Å²) >= 11 is 13.3. The van der Waals surface area contributed by atoms with Crippen LogP contribution in [0, 0.1) is 6.92 Å². The minimum Gasteiger partial charge on any atom is -0.489 e. The Morgan fingerprint density at radius 2 is 1.66 bits per heavy atom. The molecule has 0 radical (unpaired) electrons. The van der Waals surface area contributed by atoms with Crippen LogP contribution < -0.4 is 4.74 Å². The Morgan fingerprint density at radius 1 is 0.969 bits per heavy atom. The number of amides is 2. The summed E-state index contributed by atoms with van der Waals surface area (Å²) in [6, 6.07) is 20.6. The maximum absolute atomic E-state index is 12.9. The van der Waals surface area contributed by atoms with E-state index in [0.29, 0.717) is 32.9 Å². The first-order valence-corrected chi connectivity index (χ1v) is 11.4. The zero-order valence-electron chi connectivity index (χ0n) is 17.2. The summed E-state index contributed by atoms with van der Waals surface area (Å²) in [7, 11) is 0. The van der Waals surface area contributed by atoms with Gasteiger partial charge in [0.05, 0.1) is 11.4 Å². The van der Waals surface area contributed by atoms with Gasteiger partial charge in [0, 0.05) is 15.6 Å². The van der Waals surface area contributed by atoms with Gasteiger partial charge in [0.1, 0.15) is 12.4 Å². The molecule has 1 aliphatic rings. The largest absolute Gasteiger partial charge is 0.489 e. The van der Waals surface area contributed by atoms with Crippen LogP contribution in [-0.4, -0.2) is 16.0 Å². The summed E-state index contributed by atoms with van der Waals surface area (Å²) in [5, 5.41) is 0.474. The number of hydrogen-bond acceptors (Lipinski definition) is 4. The minimum absolute atomic E-state index is 0.0280. The second-order valence-corrected chi connectivity index (χ2v) is 9.12. The molecular weight excluding hydrogens is 465 g/mol. The molecule has 0 aromatic heterocycles. The Bertz CT molecular complexity index is 1190. The summed E-state index contributed by atoms with van der Waals surface area (Å²) in [6.07, 6.45) is 1.69. The summed E-state index contributed by atoms with van der Waals surface area (Å²) in [5.74, 6) is 0.309. The van der Waals surface area contributed by atoms with E-state index < -0.39 is 0 Å². The lowest BCUT2D eigenvalue weighted by molar-refractivity contribution is -0.123. The molecule has 4 nitrogen and oxygen atoms in total. The quantitative estimate of drug-likeness (QED) is 0.350. The van der Waals surface area contributed by atoms with Gasteiger partial charge in [-0.25, -0.2) is 0 Å². The fraction of sp³-hybridized carbons (Fsp3) is 0.120. The van der Waals surface area contributed by atoms with E-state index >= 15 is 0 Å². The standard InChI is InChI=1S/C25H19Cl2NO3S/c1-16-8-10-17(11-9-16)15-31-19-5-2-4-18(12-19)13-23-24(29)28(25(30)32-23)14-20-21(26)6-3-7-22(20)27/h2-13H,14-15H2,1H3/b23-13-. The van der Waals surface area contributed by atoms with Crippen molar-refractivity contribution in [2.75, 3.05) is 0 Å². The first kappa shape index (κ1) is 22.5.